The SMILES string of the molecule is Cc1cc(CCN)cnc1N(C)CC1CC1C. The molecule has 1 heterocycles. The molecule has 0 saturated heterocycles. The van der Waals surface area contributed by atoms with Crippen LogP contribution in [0.4, 0.5) is 5.82 Å². The quantitative estimate of drug-likeness (QED) is 0.845. The molecule has 94 valence electrons. The Bertz CT molecular complexity index is 389. The van der Waals surface area contributed by atoms with Crippen molar-refractivity contribution in [3.8, 4) is 0 Å². The van der Waals surface area contributed by atoms with E-state index in [2.05, 4.69) is 36.8 Å². The molecule has 2 atom stereocenters. The van der Waals surface area contributed by atoms with E-state index in [4.69, 9.17) is 5.73 Å². The number of hydrogen-bond donors (Lipinski definition) is 1. The smallest absolute Gasteiger partial charge is 0.131 e. The summed E-state index contributed by atoms with van der Waals surface area (Å²) in [5.41, 5.74) is 8.05. The first-order chi connectivity index (χ1) is 8.11. The number of anilines is 1. The van der Waals surface area contributed by atoms with Gasteiger partial charge in [-0.05, 0) is 49.3 Å². The topological polar surface area (TPSA) is 42.1 Å². The number of nitrogens with two attached hydrogens (primary N) is 1. The summed E-state index contributed by atoms with van der Waals surface area (Å²) < 4.78 is 0. The van der Waals surface area contributed by atoms with Crippen molar-refractivity contribution >= 4 is 5.82 Å². The zero-order chi connectivity index (χ0) is 12.4. The van der Waals surface area contributed by atoms with Crippen molar-refractivity contribution in [3.63, 3.8) is 0 Å². The van der Waals surface area contributed by atoms with E-state index in [9.17, 15) is 0 Å². The van der Waals surface area contributed by atoms with Crippen molar-refractivity contribution in [2.24, 2.45) is 17.6 Å². The molecule has 3 nitrogen and oxygen atoms in total. The normalized spacial score (nSPS) is 22.6. The fraction of sp³-hybridized carbons (Fsp3) is 0.643. The molecule has 1 aliphatic rings. The maximum atomic E-state index is 5.56. The summed E-state index contributed by atoms with van der Waals surface area (Å²) in [6.45, 7) is 6.28. The van der Waals surface area contributed by atoms with Crippen LogP contribution in [-0.4, -0.2) is 25.1 Å². The Morgan fingerprint density at radius 2 is 2.24 bits per heavy atom. The largest absolute Gasteiger partial charge is 0.359 e. The summed E-state index contributed by atoms with van der Waals surface area (Å²) in [4.78, 5) is 6.86. The minimum atomic E-state index is 0.690. The number of aryl methyl sites for hydroxylation is 1. The van der Waals surface area contributed by atoms with Crippen LogP contribution in [0.2, 0.25) is 0 Å². The van der Waals surface area contributed by atoms with E-state index in [0.29, 0.717) is 6.54 Å². The Morgan fingerprint density at radius 3 is 2.76 bits per heavy atom. The third kappa shape index (κ3) is 2.97. The monoisotopic (exact) mass is 233 g/mol. The molecule has 2 N–H and O–H groups in total. The van der Waals surface area contributed by atoms with Gasteiger partial charge in [-0.1, -0.05) is 13.0 Å². The van der Waals surface area contributed by atoms with Crippen LogP contribution >= 0.6 is 0 Å². The van der Waals surface area contributed by atoms with Gasteiger partial charge >= 0.3 is 0 Å². The van der Waals surface area contributed by atoms with Gasteiger partial charge in [0.2, 0.25) is 0 Å². The summed E-state index contributed by atoms with van der Waals surface area (Å²) >= 11 is 0. The fourth-order valence-corrected chi connectivity index (χ4v) is 2.42. The van der Waals surface area contributed by atoms with Crippen LogP contribution in [0, 0.1) is 18.8 Å². The molecule has 17 heavy (non-hydrogen) atoms. The highest BCUT2D eigenvalue weighted by molar-refractivity contribution is 5.47. The Hall–Kier alpha value is -1.09. The van der Waals surface area contributed by atoms with E-state index in [1.165, 1.54) is 17.5 Å². The molecule has 0 aliphatic heterocycles. The Morgan fingerprint density at radius 1 is 1.53 bits per heavy atom. The standard InChI is InChI=1S/C14H23N3/c1-10-7-13(10)9-17(3)14-11(2)6-12(4-5-15)8-16-14/h6,8,10,13H,4-5,7,9,15H2,1-3H3. The van der Waals surface area contributed by atoms with Gasteiger partial charge in [-0.15, -0.1) is 0 Å². The van der Waals surface area contributed by atoms with Gasteiger partial charge in [-0.25, -0.2) is 4.98 Å². The van der Waals surface area contributed by atoms with Crippen molar-refractivity contribution < 1.29 is 0 Å². The van der Waals surface area contributed by atoms with Crippen molar-refractivity contribution in [3.05, 3.63) is 23.4 Å². The van der Waals surface area contributed by atoms with Gasteiger partial charge in [0.15, 0.2) is 0 Å². The summed E-state index contributed by atoms with van der Waals surface area (Å²) in [6, 6.07) is 2.21. The second-order valence-corrected chi connectivity index (χ2v) is 5.38. The van der Waals surface area contributed by atoms with Gasteiger partial charge in [-0.3, -0.25) is 0 Å². The van der Waals surface area contributed by atoms with Gasteiger partial charge in [0.1, 0.15) is 5.82 Å². The molecule has 2 unspecified atom stereocenters. The van der Waals surface area contributed by atoms with Gasteiger partial charge < -0.3 is 10.6 Å². The minimum absolute atomic E-state index is 0.690. The summed E-state index contributed by atoms with van der Waals surface area (Å²) in [7, 11) is 2.14. The van der Waals surface area contributed by atoms with Crippen LogP contribution in [0.3, 0.4) is 0 Å². The Balaban J connectivity index is 2.04. The lowest BCUT2D eigenvalue weighted by molar-refractivity contribution is 0.717. The first-order valence-corrected chi connectivity index (χ1v) is 6.48. The van der Waals surface area contributed by atoms with E-state index >= 15 is 0 Å². The zero-order valence-corrected chi connectivity index (χ0v) is 11.1. The van der Waals surface area contributed by atoms with Gasteiger partial charge in [-0.2, -0.15) is 0 Å². The maximum absolute atomic E-state index is 5.56. The van der Waals surface area contributed by atoms with Crippen molar-refractivity contribution in [2.45, 2.75) is 26.7 Å². The van der Waals surface area contributed by atoms with Crippen molar-refractivity contribution in [2.75, 3.05) is 25.0 Å². The second kappa shape index (κ2) is 5.05. The number of nitrogens with zero attached hydrogens (tertiary/aromatic N) is 2. The molecule has 0 radical (unpaired) electrons. The fourth-order valence-electron chi connectivity index (χ4n) is 2.42. The zero-order valence-electron chi connectivity index (χ0n) is 11.1. The van der Waals surface area contributed by atoms with E-state index in [1.807, 2.05) is 6.20 Å². The predicted octanol–water partition coefficient (Wildman–Crippen LogP) is 1.98. The lowest BCUT2D eigenvalue weighted by Crippen LogP contribution is -2.22. The molecule has 1 aromatic rings. The third-order valence-electron chi connectivity index (χ3n) is 3.69. The van der Waals surface area contributed by atoms with Crippen LogP contribution in [0.5, 0.6) is 0 Å². The molecule has 1 saturated carbocycles. The molecule has 0 bridgehead atoms. The predicted molar refractivity (Wildman–Crippen MR) is 72.3 cm³/mol. The number of hydrogen-bond acceptors (Lipinski definition) is 3. The lowest BCUT2D eigenvalue weighted by atomic mass is 10.1. The summed E-state index contributed by atoms with van der Waals surface area (Å²) in [6.07, 6.45) is 4.24. The van der Waals surface area contributed by atoms with Gasteiger partial charge in [0.25, 0.3) is 0 Å². The molecule has 0 amide bonds. The number of rotatable bonds is 5. The second-order valence-electron chi connectivity index (χ2n) is 5.38. The lowest BCUT2D eigenvalue weighted by Gasteiger charge is -2.20. The average Bonchev–Trinajstić information content (AvgIpc) is 2.94. The maximum Gasteiger partial charge on any atom is 0.131 e. The van der Waals surface area contributed by atoms with E-state index in [-0.39, 0.29) is 0 Å². The van der Waals surface area contributed by atoms with Crippen LogP contribution in [-0.2, 0) is 6.42 Å². The van der Waals surface area contributed by atoms with Gasteiger partial charge in [0.05, 0.1) is 0 Å². The number of pyridine rings is 1. The van der Waals surface area contributed by atoms with Gasteiger partial charge in [0, 0.05) is 19.8 Å². The number of aromatic nitrogens is 1. The van der Waals surface area contributed by atoms with E-state index in [1.54, 1.807) is 0 Å². The molecular weight excluding hydrogens is 210 g/mol. The summed E-state index contributed by atoms with van der Waals surface area (Å²) in [5, 5.41) is 0. The van der Waals surface area contributed by atoms with Crippen LogP contribution < -0.4 is 10.6 Å². The van der Waals surface area contributed by atoms with Crippen LogP contribution in [0.15, 0.2) is 12.3 Å². The summed E-state index contributed by atoms with van der Waals surface area (Å²) in [5.74, 6) is 2.88. The first kappa shape index (κ1) is 12.4. The Kier molecular flexibility index (Phi) is 3.67. The van der Waals surface area contributed by atoms with E-state index in [0.717, 1.165) is 30.6 Å². The molecular formula is C14H23N3. The highest BCUT2D eigenvalue weighted by atomic mass is 15.2. The average molecular weight is 233 g/mol. The molecule has 0 aromatic carbocycles. The molecule has 2 rings (SSSR count). The van der Waals surface area contributed by atoms with Crippen molar-refractivity contribution in [1.29, 1.82) is 0 Å². The third-order valence-corrected chi connectivity index (χ3v) is 3.69. The molecule has 1 aliphatic carbocycles. The molecule has 0 spiro atoms. The van der Waals surface area contributed by atoms with Crippen LogP contribution in [0.25, 0.3) is 0 Å². The molecule has 1 fully saturated rings. The minimum Gasteiger partial charge on any atom is -0.359 e. The Labute approximate surface area is 104 Å². The highest BCUT2D eigenvalue weighted by Gasteiger charge is 2.33. The molecule has 1 aromatic heterocycles. The van der Waals surface area contributed by atoms with E-state index < -0.39 is 0 Å². The highest BCUT2D eigenvalue weighted by Crippen LogP contribution is 2.38. The van der Waals surface area contributed by atoms with Crippen LogP contribution in [0.1, 0.15) is 24.5 Å². The first-order valence-electron chi connectivity index (χ1n) is 6.48. The van der Waals surface area contributed by atoms with Crippen molar-refractivity contribution in [1.82, 2.24) is 4.98 Å². The molecule has 3 heteroatoms.